The second kappa shape index (κ2) is 7.30. The van der Waals surface area contributed by atoms with Crippen molar-refractivity contribution in [3.05, 3.63) is 71.0 Å². The number of halogens is 1. The van der Waals surface area contributed by atoms with Gasteiger partial charge in [0.1, 0.15) is 5.82 Å². The highest BCUT2D eigenvalue weighted by Gasteiger charge is 2.13. The lowest BCUT2D eigenvalue weighted by molar-refractivity contribution is -0.117. The summed E-state index contributed by atoms with van der Waals surface area (Å²) in [7, 11) is 0. The average molecular weight is 324 g/mol. The molecule has 2 aromatic rings. The zero-order chi connectivity index (χ0) is 16.9. The maximum absolute atomic E-state index is 13.5. The molecular formula is C20H21FN2O. The Kier molecular flexibility index (Phi) is 4.94. The number of fused-ring (bicyclic) bond motifs is 1. The minimum Gasteiger partial charge on any atom is -0.385 e. The van der Waals surface area contributed by atoms with Crippen LogP contribution in [0.4, 0.5) is 10.1 Å². The summed E-state index contributed by atoms with van der Waals surface area (Å²) in [5.41, 5.74) is 3.95. The summed E-state index contributed by atoms with van der Waals surface area (Å²) in [6.45, 7) is 2.96. The van der Waals surface area contributed by atoms with Crippen molar-refractivity contribution >= 4 is 17.7 Å². The Morgan fingerprint density at radius 2 is 2.12 bits per heavy atom. The Labute approximate surface area is 141 Å². The Bertz CT molecular complexity index is 770. The first-order chi connectivity index (χ1) is 11.6. The van der Waals surface area contributed by atoms with Gasteiger partial charge in [-0.15, -0.1) is 0 Å². The Hall–Kier alpha value is -2.62. The summed E-state index contributed by atoms with van der Waals surface area (Å²) in [4.78, 5) is 12.1. The molecule has 0 aromatic heterocycles. The summed E-state index contributed by atoms with van der Waals surface area (Å²) in [5, 5.41) is 6.30. The molecule has 2 aromatic carbocycles. The molecule has 0 saturated carbocycles. The maximum Gasteiger partial charge on any atom is 0.244 e. The largest absolute Gasteiger partial charge is 0.385 e. The predicted molar refractivity (Wildman–Crippen MR) is 95.2 cm³/mol. The van der Waals surface area contributed by atoms with E-state index in [1.165, 1.54) is 29.5 Å². The van der Waals surface area contributed by atoms with E-state index in [4.69, 9.17) is 0 Å². The smallest absolute Gasteiger partial charge is 0.244 e. The number of aryl methyl sites for hydroxylation is 1. The van der Waals surface area contributed by atoms with Gasteiger partial charge in [0.15, 0.2) is 0 Å². The molecule has 4 heteroatoms. The van der Waals surface area contributed by atoms with Crippen LogP contribution in [-0.4, -0.2) is 12.5 Å². The fourth-order valence-corrected chi connectivity index (χ4v) is 2.88. The van der Waals surface area contributed by atoms with Crippen LogP contribution in [-0.2, 0) is 11.2 Å². The van der Waals surface area contributed by atoms with Crippen molar-refractivity contribution in [1.29, 1.82) is 0 Å². The number of benzene rings is 2. The molecule has 0 bridgehead atoms. The Morgan fingerprint density at radius 3 is 2.96 bits per heavy atom. The molecule has 1 aliphatic heterocycles. The van der Waals surface area contributed by atoms with E-state index in [-0.39, 0.29) is 17.8 Å². The van der Waals surface area contributed by atoms with Gasteiger partial charge >= 0.3 is 0 Å². The number of hydrogen-bond acceptors (Lipinski definition) is 2. The van der Waals surface area contributed by atoms with Crippen molar-refractivity contribution in [1.82, 2.24) is 5.32 Å². The summed E-state index contributed by atoms with van der Waals surface area (Å²) in [6.07, 6.45) is 5.05. The fraction of sp³-hybridized carbons (Fsp3) is 0.250. The number of carbonyl (C=O) groups excluding carboxylic acids is 1. The topological polar surface area (TPSA) is 41.1 Å². The Balaban J connectivity index is 1.65. The first kappa shape index (κ1) is 16.2. The van der Waals surface area contributed by atoms with Crippen LogP contribution in [0.5, 0.6) is 0 Å². The van der Waals surface area contributed by atoms with Gasteiger partial charge in [-0.25, -0.2) is 4.39 Å². The maximum atomic E-state index is 13.5. The van der Waals surface area contributed by atoms with E-state index >= 15 is 0 Å². The molecule has 0 saturated heterocycles. The van der Waals surface area contributed by atoms with E-state index in [0.717, 1.165) is 24.9 Å². The van der Waals surface area contributed by atoms with Crippen LogP contribution in [0.3, 0.4) is 0 Å². The third-order valence-corrected chi connectivity index (χ3v) is 4.25. The van der Waals surface area contributed by atoms with E-state index in [2.05, 4.69) is 22.8 Å². The van der Waals surface area contributed by atoms with Crippen molar-refractivity contribution in [3.8, 4) is 0 Å². The molecule has 0 radical (unpaired) electrons. The zero-order valence-electron chi connectivity index (χ0n) is 13.7. The van der Waals surface area contributed by atoms with E-state index in [0.29, 0.717) is 5.56 Å². The lowest BCUT2D eigenvalue weighted by Gasteiger charge is -2.21. The van der Waals surface area contributed by atoms with E-state index in [1.807, 2.05) is 13.0 Å². The van der Waals surface area contributed by atoms with Crippen LogP contribution in [0.15, 0.2) is 48.5 Å². The number of amides is 1. The molecule has 1 amide bonds. The first-order valence-electron chi connectivity index (χ1n) is 8.23. The standard InChI is InChI=1S/C20H21FN2O/c1-14(16-8-10-19-17(13-16)6-4-12-22-19)23-20(24)11-9-15-5-2-3-7-18(15)21/h2-3,5,7-11,13-14,22H,4,6,12H2,1H3,(H,23,24). The molecule has 1 unspecified atom stereocenters. The third-order valence-electron chi connectivity index (χ3n) is 4.25. The molecule has 3 rings (SSSR count). The van der Waals surface area contributed by atoms with Crippen molar-refractivity contribution in [2.24, 2.45) is 0 Å². The van der Waals surface area contributed by atoms with Gasteiger partial charge < -0.3 is 10.6 Å². The van der Waals surface area contributed by atoms with Crippen LogP contribution < -0.4 is 10.6 Å². The van der Waals surface area contributed by atoms with Gasteiger partial charge in [-0.3, -0.25) is 4.79 Å². The second-order valence-electron chi connectivity index (χ2n) is 6.03. The summed E-state index contributed by atoms with van der Waals surface area (Å²) in [5.74, 6) is -0.571. The Morgan fingerprint density at radius 1 is 1.29 bits per heavy atom. The van der Waals surface area contributed by atoms with Crippen molar-refractivity contribution in [2.45, 2.75) is 25.8 Å². The number of anilines is 1. The molecule has 24 heavy (non-hydrogen) atoms. The van der Waals surface area contributed by atoms with Gasteiger partial charge in [-0.05, 0) is 49.1 Å². The monoisotopic (exact) mass is 324 g/mol. The number of rotatable bonds is 4. The molecule has 1 heterocycles. The van der Waals surface area contributed by atoms with E-state index in [1.54, 1.807) is 18.2 Å². The average Bonchev–Trinajstić information content (AvgIpc) is 2.60. The summed E-state index contributed by atoms with van der Waals surface area (Å²) in [6, 6.07) is 12.5. The van der Waals surface area contributed by atoms with Gasteiger partial charge in [0.25, 0.3) is 0 Å². The van der Waals surface area contributed by atoms with Gasteiger partial charge in [-0.2, -0.15) is 0 Å². The molecule has 1 aliphatic rings. The van der Waals surface area contributed by atoms with E-state index in [9.17, 15) is 9.18 Å². The second-order valence-corrected chi connectivity index (χ2v) is 6.03. The SMILES string of the molecule is CC(NC(=O)C=Cc1ccccc1F)c1ccc2c(c1)CCCN2. The summed E-state index contributed by atoms with van der Waals surface area (Å²) >= 11 is 0. The zero-order valence-corrected chi connectivity index (χ0v) is 13.7. The quantitative estimate of drug-likeness (QED) is 0.832. The highest BCUT2D eigenvalue weighted by molar-refractivity contribution is 5.92. The molecule has 3 nitrogen and oxygen atoms in total. The van der Waals surface area contributed by atoms with Crippen molar-refractivity contribution in [2.75, 3.05) is 11.9 Å². The van der Waals surface area contributed by atoms with Gasteiger partial charge in [0, 0.05) is 23.9 Å². The highest BCUT2D eigenvalue weighted by atomic mass is 19.1. The minimum absolute atomic E-state index is 0.102. The van der Waals surface area contributed by atoms with Crippen LogP contribution in [0.2, 0.25) is 0 Å². The molecule has 0 aliphatic carbocycles. The van der Waals surface area contributed by atoms with Gasteiger partial charge in [0.2, 0.25) is 5.91 Å². The molecule has 0 fully saturated rings. The summed E-state index contributed by atoms with van der Waals surface area (Å²) < 4.78 is 13.5. The molecule has 0 spiro atoms. The molecule has 1 atom stereocenters. The van der Waals surface area contributed by atoms with Gasteiger partial charge in [0.05, 0.1) is 6.04 Å². The molecule has 2 N–H and O–H groups in total. The highest BCUT2D eigenvalue weighted by Crippen LogP contribution is 2.25. The lowest BCUT2D eigenvalue weighted by atomic mass is 9.98. The predicted octanol–water partition coefficient (Wildman–Crippen LogP) is 4.07. The van der Waals surface area contributed by atoms with E-state index < -0.39 is 0 Å². The molecular weight excluding hydrogens is 303 g/mol. The first-order valence-corrected chi connectivity index (χ1v) is 8.23. The molecule has 124 valence electrons. The fourth-order valence-electron chi connectivity index (χ4n) is 2.88. The van der Waals surface area contributed by atoms with Crippen molar-refractivity contribution < 1.29 is 9.18 Å². The number of nitrogens with one attached hydrogen (secondary N) is 2. The van der Waals surface area contributed by atoms with Crippen LogP contribution >= 0.6 is 0 Å². The minimum atomic E-state index is -0.336. The normalized spacial score (nSPS) is 14.8. The van der Waals surface area contributed by atoms with Crippen LogP contribution in [0, 0.1) is 5.82 Å². The van der Waals surface area contributed by atoms with Crippen LogP contribution in [0.25, 0.3) is 6.08 Å². The lowest BCUT2D eigenvalue weighted by Crippen LogP contribution is -2.25. The van der Waals surface area contributed by atoms with Crippen molar-refractivity contribution in [3.63, 3.8) is 0 Å². The number of hydrogen-bond donors (Lipinski definition) is 2. The third kappa shape index (κ3) is 3.82. The van der Waals surface area contributed by atoms with Crippen LogP contribution in [0.1, 0.15) is 36.1 Å². The number of carbonyl (C=O) groups is 1. The van der Waals surface area contributed by atoms with Gasteiger partial charge in [-0.1, -0.05) is 30.3 Å².